The second kappa shape index (κ2) is 8.86. The lowest BCUT2D eigenvalue weighted by Crippen LogP contribution is -2.37. The number of nitrogens with one attached hydrogen (secondary N) is 1. The Morgan fingerprint density at radius 3 is 2.50 bits per heavy atom. The lowest BCUT2D eigenvalue weighted by Gasteiger charge is -2.25. The van der Waals surface area contributed by atoms with Crippen LogP contribution in [0, 0.1) is 6.92 Å². The van der Waals surface area contributed by atoms with Crippen LogP contribution in [0.4, 0.5) is 0 Å². The largest absolute Gasteiger partial charge is 0.377 e. The SMILES string of the molecule is CNC(=O)c1ccc(S(=O)(=O)N(Cc2ccccc2C)CC2CCCO2)cc1. The predicted octanol–water partition coefficient (Wildman–Crippen LogP) is 2.72. The molecule has 1 aliphatic rings. The van der Waals surface area contributed by atoms with Gasteiger partial charge in [0.15, 0.2) is 0 Å². The Morgan fingerprint density at radius 1 is 1.18 bits per heavy atom. The smallest absolute Gasteiger partial charge is 0.251 e. The van der Waals surface area contributed by atoms with Crippen molar-refractivity contribution < 1.29 is 17.9 Å². The zero-order chi connectivity index (χ0) is 20.1. The molecule has 0 saturated carbocycles. The van der Waals surface area contributed by atoms with E-state index < -0.39 is 10.0 Å². The van der Waals surface area contributed by atoms with Crippen LogP contribution in [0.5, 0.6) is 0 Å². The summed E-state index contributed by atoms with van der Waals surface area (Å²) in [6.07, 6.45) is 1.71. The van der Waals surface area contributed by atoms with Crippen LogP contribution in [0.2, 0.25) is 0 Å². The topological polar surface area (TPSA) is 75.7 Å². The van der Waals surface area contributed by atoms with E-state index >= 15 is 0 Å². The fourth-order valence-corrected chi connectivity index (χ4v) is 4.76. The summed E-state index contributed by atoms with van der Waals surface area (Å²) in [5.74, 6) is -0.250. The minimum atomic E-state index is -3.73. The molecule has 0 aliphatic carbocycles. The summed E-state index contributed by atoms with van der Waals surface area (Å²) in [6, 6.07) is 13.8. The van der Waals surface area contributed by atoms with Gasteiger partial charge >= 0.3 is 0 Å². The highest BCUT2D eigenvalue weighted by atomic mass is 32.2. The fraction of sp³-hybridized carbons (Fsp3) is 0.381. The highest BCUT2D eigenvalue weighted by Gasteiger charge is 2.29. The van der Waals surface area contributed by atoms with Gasteiger partial charge in [-0.15, -0.1) is 0 Å². The van der Waals surface area contributed by atoms with Gasteiger partial charge in [0.05, 0.1) is 11.0 Å². The Labute approximate surface area is 166 Å². The van der Waals surface area contributed by atoms with Gasteiger partial charge in [-0.2, -0.15) is 4.31 Å². The van der Waals surface area contributed by atoms with E-state index in [1.54, 1.807) is 7.05 Å². The lowest BCUT2D eigenvalue weighted by molar-refractivity contribution is 0.0925. The van der Waals surface area contributed by atoms with Crippen LogP contribution < -0.4 is 5.32 Å². The summed E-state index contributed by atoms with van der Waals surface area (Å²) in [5, 5.41) is 2.53. The highest BCUT2D eigenvalue weighted by Crippen LogP contribution is 2.23. The lowest BCUT2D eigenvalue weighted by atomic mass is 10.1. The van der Waals surface area contributed by atoms with Gasteiger partial charge < -0.3 is 10.1 Å². The number of carbonyl (C=O) groups excluding carboxylic acids is 1. The van der Waals surface area contributed by atoms with Gasteiger partial charge in [0, 0.05) is 32.3 Å². The standard InChI is InChI=1S/C21H26N2O4S/c1-16-6-3-4-7-18(16)14-23(15-19-8-5-13-27-19)28(25,26)20-11-9-17(10-12-20)21(24)22-2/h3-4,6-7,9-12,19H,5,8,13-15H2,1-2H3,(H,22,24). The molecule has 1 saturated heterocycles. The highest BCUT2D eigenvalue weighted by molar-refractivity contribution is 7.89. The molecule has 0 radical (unpaired) electrons. The maximum atomic E-state index is 13.4. The molecule has 3 rings (SSSR count). The minimum absolute atomic E-state index is 0.0936. The summed E-state index contributed by atoms with van der Waals surface area (Å²) < 4.78 is 33.9. The molecule has 0 aromatic heterocycles. The van der Waals surface area contributed by atoms with E-state index in [0.29, 0.717) is 18.7 Å². The van der Waals surface area contributed by atoms with E-state index in [1.807, 2.05) is 31.2 Å². The Kier molecular flexibility index (Phi) is 6.49. The Morgan fingerprint density at radius 2 is 1.89 bits per heavy atom. The van der Waals surface area contributed by atoms with Crippen molar-refractivity contribution >= 4 is 15.9 Å². The van der Waals surface area contributed by atoms with E-state index in [9.17, 15) is 13.2 Å². The van der Waals surface area contributed by atoms with Crippen LogP contribution in [0.15, 0.2) is 53.4 Å². The van der Waals surface area contributed by atoms with Gasteiger partial charge in [0.1, 0.15) is 0 Å². The number of hydrogen-bond acceptors (Lipinski definition) is 4. The second-order valence-electron chi connectivity index (χ2n) is 6.96. The average Bonchev–Trinajstić information content (AvgIpc) is 3.21. The summed E-state index contributed by atoms with van der Waals surface area (Å²) in [6.45, 7) is 3.24. The van der Waals surface area contributed by atoms with Crippen LogP contribution in [0.3, 0.4) is 0 Å². The number of hydrogen-bond donors (Lipinski definition) is 1. The molecular formula is C21H26N2O4S. The van der Waals surface area contributed by atoms with Crippen molar-refractivity contribution in [2.24, 2.45) is 0 Å². The van der Waals surface area contributed by atoms with E-state index in [2.05, 4.69) is 5.32 Å². The third-order valence-corrected chi connectivity index (χ3v) is 6.85. The number of sulfonamides is 1. The first-order chi connectivity index (χ1) is 13.4. The summed E-state index contributed by atoms with van der Waals surface area (Å²) in [4.78, 5) is 11.9. The molecule has 0 spiro atoms. The average molecular weight is 403 g/mol. The zero-order valence-electron chi connectivity index (χ0n) is 16.2. The second-order valence-corrected chi connectivity index (χ2v) is 8.90. The molecule has 7 heteroatoms. The van der Waals surface area contributed by atoms with Crippen molar-refractivity contribution in [2.45, 2.75) is 37.3 Å². The van der Waals surface area contributed by atoms with Crippen LogP contribution in [-0.4, -0.2) is 44.9 Å². The first-order valence-corrected chi connectivity index (χ1v) is 10.8. The summed E-state index contributed by atoms with van der Waals surface area (Å²) in [7, 11) is -2.19. The van der Waals surface area contributed by atoms with Crippen molar-refractivity contribution in [1.82, 2.24) is 9.62 Å². The molecule has 1 fully saturated rings. The fourth-order valence-electron chi connectivity index (χ4n) is 3.31. The Balaban J connectivity index is 1.90. The van der Waals surface area contributed by atoms with E-state index in [0.717, 1.165) is 24.0 Å². The molecule has 1 atom stereocenters. The van der Waals surface area contributed by atoms with Gasteiger partial charge in [-0.05, 0) is 55.2 Å². The number of carbonyl (C=O) groups is 1. The molecule has 2 aromatic rings. The Hall–Kier alpha value is -2.22. The molecular weight excluding hydrogens is 376 g/mol. The first-order valence-electron chi connectivity index (χ1n) is 9.40. The third kappa shape index (κ3) is 4.60. The third-order valence-electron chi connectivity index (χ3n) is 5.02. The monoisotopic (exact) mass is 402 g/mol. The van der Waals surface area contributed by atoms with E-state index in [1.165, 1.54) is 28.6 Å². The molecule has 28 heavy (non-hydrogen) atoms. The van der Waals surface area contributed by atoms with Crippen LogP contribution >= 0.6 is 0 Å². The molecule has 1 unspecified atom stereocenters. The number of nitrogens with zero attached hydrogens (tertiary/aromatic N) is 1. The van der Waals surface area contributed by atoms with Crippen LogP contribution in [0.1, 0.15) is 34.3 Å². The van der Waals surface area contributed by atoms with Gasteiger partial charge in [-0.1, -0.05) is 24.3 Å². The number of aryl methyl sites for hydroxylation is 1. The van der Waals surface area contributed by atoms with Gasteiger partial charge in [-0.25, -0.2) is 8.42 Å². The number of rotatable bonds is 7. The van der Waals surface area contributed by atoms with E-state index in [-0.39, 0.29) is 23.5 Å². The number of benzene rings is 2. The molecule has 0 bridgehead atoms. The van der Waals surface area contributed by atoms with Gasteiger partial charge in [-0.3, -0.25) is 4.79 Å². The maximum Gasteiger partial charge on any atom is 0.251 e. The minimum Gasteiger partial charge on any atom is -0.377 e. The quantitative estimate of drug-likeness (QED) is 0.773. The number of amides is 1. The maximum absolute atomic E-state index is 13.4. The van der Waals surface area contributed by atoms with Crippen molar-refractivity contribution in [3.63, 3.8) is 0 Å². The molecule has 6 nitrogen and oxygen atoms in total. The first kappa shape index (κ1) is 20.5. The van der Waals surface area contributed by atoms with Crippen molar-refractivity contribution in [3.8, 4) is 0 Å². The molecule has 1 heterocycles. The summed E-state index contributed by atoms with van der Waals surface area (Å²) >= 11 is 0. The van der Waals surface area contributed by atoms with Crippen molar-refractivity contribution in [2.75, 3.05) is 20.2 Å². The van der Waals surface area contributed by atoms with Gasteiger partial charge in [0.25, 0.3) is 5.91 Å². The van der Waals surface area contributed by atoms with Crippen LogP contribution in [0.25, 0.3) is 0 Å². The predicted molar refractivity (Wildman–Crippen MR) is 108 cm³/mol. The van der Waals surface area contributed by atoms with Gasteiger partial charge in [0.2, 0.25) is 10.0 Å². The molecule has 1 amide bonds. The van der Waals surface area contributed by atoms with Crippen molar-refractivity contribution in [3.05, 3.63) is 65.2 Å². The summed E-state index contributed by atoms with van der Waals surface area (Å²) in [5.41, 5.74) is 2.43. The molecule has 2 aromatic carbocycles. The van der Waals surface area contributed by atoms with Crippen molar-refractivity contribution in [1.29, 1.82) is 0 Å². The number of ether oxygens (including phenoxy) is 1. The molecule has 1 aliphatic heterocycles. The van der Waals surface area contributed by atoms with Crippen LogP contribution in [-0.2, 0) is 21.3 Å². The molecule has 150 valence electrons. The Bertz CT molecular complexity index is 920. The normalized spacial score (nSPS) is 17.0. The molecule has 1 N–H and O–H groups in total. The zero-order valence-corrected chi connectivity index (χ0v) is 17.0. The van der Waals surface area contributed by atoms with E-state index in [4.69, 9.17) is 4.74 Å².